The summed E-state index contributed by atoms with van der Waals surface area (Å²) < 4.78 is 0. The zero-order valence-electron chi connectivity index (χ0n) is 11.7. The topological polar surface area (TPSA) is 55.1 Å². The van der Waals surface area contributed by atoms with Crippen LogP contribution >= 0.6 is 34.8 Å². The fraction of sp³-hybridized carbons (Fsp3) is 0.533. The third-order valence-corrected chi connectivity index (χ3v) is 5.23. The van der Waals surface area contributed by atoms with Crippen LogP contribution < -0.4 is 11.1 Å². The van der Waals surface area contributed by atoms with E-state index in [4.69, 9.17) is 40.5 Å². The number of amides is 1. The molecule has 0 saturated heterocycles. The van der Waals surface area contributed by atoms with Crippen LogP contribution in [0, 0.1) is 5.41 Å². The molecule has 3 nitrogen and oxygen atoms in total. The van der Waals surface area contributed by atoms with Crippen molar-refractivity contribution >= 4 is 46.4 Å². The Bertz CT molecular complexity index is 526. The monoisotopic (exact) mass is 348 g/mol. The number of rotatable bonds is 3. The molecule has 0 unspecified atom stereocenters. The van der Waals surface area contributed by atoms with Crippen molar-refractivity contribution in [1.29, 1.82) is 0 Å². The summed E-state index contributed by atoms with van der Waals surface area (Å²) in [5.74, 6) is -0.0767. The van der Waals surface area contributed by atoms with Crippen molar-refractivity contribution in [3.63, 3.8) is 0 Å². The lowest BCUT2D eigenvalue weighted by Gasteiger charge is -2.30. The molecule has 1 aliphatic carbocycles. The Morgan fingerprint density at radius 3 is 2.19 bits per heavy atom. The maximum Gasteiger partial charge on any atom is 0.231 e. The summed E-state index contributed by atoms with van der Waals surface area (Å²) >= 11 is 18.0. The van der Waals surface area contributed by atoms with Gasteiger partial charge in [0.15, 0.2) is 0 Å². The molecule has 1 saturated carbocycles. The number of benzene rings is 1. The largest absolute Gasteiger partial charge is 0.329 e. The van der Waals surface area contributed by atoms with E-state index >= 15 is 0 Å². The number of anilines is 1. The zero-order valence-corrected chi connectivity index (χ0v) is 14.0. The highest BCUT2D eigenvalue weighted by atomic mass is 35.5. The van der Waals surface area contributed by atoms with Crippen LogP contribution in [0.3, 0.4) is 0 Å². The summed E-state index contributed by atoms with van der Waals surface area (Å²) in [6, 6.07) is 3.11. The molecule has 3 N–H and O–H groups in total. The van der Waals surface area contributed by atoms with Crippen molar-refractivity contribution < 1.29 is 4.79 Å². The molecular weight excluding hydrogens is 331 g/mol. The third-order valence-electron chi connectivity index (χ3n) is 4.19. The second-order valence-corrected chi connectivity index (χ2v) is 6.82. The standard InChI is InChI=1S/C15H19Cl3N2O/c16-10-7-12(18)13(8-11(10)17)20-14(21)15(9-19)5-3-1-2-4-6-15/h7-8H,1-6,9,19H2,(H,20,21). The Kier molecular flexibility index (Phi) is 5.78. The molecule has 2 rings (SSSR count). The van der Waals surface area contributed by atoms with Crippen LogP contribution in [0.5, 0.6) is 0 Å². The molecule has 6 heteroatoms. The number of halogens is 3. The smallest absolute Gasteiger partial charge is 0.231 e. The Morgan fingerprint density at radius 2 is 1.62 bits per heavy atom. The quantitative estimate of drug-likeness (QED) is 0.603. The van der Waals surface area contributed by atoms with Gasteiger partial charge in [-0.25, -0.2) is 0 Å². The first-order valence-electron chi connectivity index (χ1n) is 7.14. The van der Waals surface area contributed by atoms with Crippen molar-refractivity contribution in [3.05, 3.63) is 27.2 Å². The first kappa shape index (κ1) is 16.9. The number of nitrogens with one attached hydrogen (secondary N) is 1. The summed E-state index contributed by atoms with van der Waals surface area (Å²) in [5, 5.41) is 3.97. The maximum absolute atomic E-state index is 12.7. The van der Waals surface area contributed by atoms with Crippen LogP contribution in [-0.4, -0.2) is 12.5 Å². The van der Waals surface area contributed by atoms with Gasteiger partial charge >= 0.3 is 0 Å². The van der Waals surface area contributed by atoms with Crippen molar-refractivity contribution in [2.24, 2.45) is 11.1 Å². The van der Waals surface area contributed by atoms with Gasteiger partial charge in [-0.05, 0) is 25.0 Å². The second kappa shape index (κ2) is 7.19. The molecule has 21 heavy (non-hydrogen) atoms. The summed E-state index contributed by atoms with van der Waals surface area (Å²) in [6.45, 7) is 0.345. The minimum absolute atomic E-state index is 0.0767. The summed E-state index contributed by atoms with van der Waals surface area (Å²) in [5.41, 5.74) is 5.89. The van der Waals surface area contributed by atoms with E-state index in [0.717, 1.165) is 38.5 Å². The predicted molar refractivity (Wildman–Crippen MR) is 89.3 cm³/mol. The van der Waals surface area contributed by atoms with Gasteiger partial charge in [0, 0.05) is 6.54 Å². The number of hydrogen-bond donors (Lipinski definition) is 2. The second-order valence-electron chi connectivity index (χ2n) is 5.60. The number of nitrogens with two attached hydrogens (primary N) is 1. The van der Waals surface area contributed by atoms with Gasteiger partial charge in [-0.1, -0.05) is 60.5 Å². The zero-order chi connectivity index (χ0) is 15.5. The molecule has 1 aliphatic rings. The SMILES string of the molecule is NCC1(C(=O)Nc2cc(Cl)c(Cl)cc2Cl)CCCCCC1. The molecule has 0 bridgehead atoms. The first-order valence-corrected chi connectivity index (χ1v) is 8.28. The summed E-state index contributed by atoms with van der Waals surface area (Å²) in [7, 11) is 0. The third kappa shape index (κ3) is 3.84. The van der Waals surface area contributed by atoms with Crippen LogP contribution in [0.2, 0.25) is 15.1 Å². The van der Waals surface area contributed by atoms with Crippen molar-refractivity contribution in [1.82, 2.24) is 0 Å². The van der Waals surface area contributed by atoms with Gasteiger partial charge in [0.25, 0.3) is 0 Å². The molecule has 1 amide bonds. The minimum Gasteiger partial charge on any atom is -0.329 e. The molecule has 0 aromatic heterocycles. The fourth-order valence-corrected chi connectivity index (χ4v) is 3.40. The first-order chi connectivity index (χ1) is 9.98. The van der Waals surface area contributed by atoms with Gasteiger partial charge in [-0.15, -0.1) is 0 Å². The van der Waals surface area contributed by atoms with E-state index in [1.807, 2.05) is 0 Å². The van der Waals surface area contributed by atoms with Gasteiger partial charge in [-0.3, -0.25) is 4.79 Å². The molecule has 0 atom stereocenters. The maximum atomic E-state index is 12.7. The molecule has 0 heterocycles. The van der Waals surface area contributed by atoms with E-state index in [0.29, 0.717) is 27.3 Å². The lowest BCUT2D eigenvalue weighted by molar-refractivity contribution is -0.125. The van der Waals surface area contributed by atoms with E-state index in [1.165, 1.54) is 6.07 Å². The summed E-state index contributed by atoms with van der Waals surface area (Å²) in [6.07, 6.45) is 5.99. The molecule has 1 aromatic carbocycles. The lowest BCUT2D eigenvalue weighted by atomic mass is 9.79. The van der Waals surface area contributed by atoms with Gasteiger partial charge < -0.3 is 11.1 Å². The molecule has 116 valence electrons. The molecule has 1 aromatic rings. The van der Waals surface area contributed by atoms with Gasteiger partial charge in [-0.2, -0.15) is 0 Å². The van der Waals surface area contributed by atoms with Crippen LogP contribution in [0.4, 0.5) is 5.69 Å². The minimum atomic E-state index is -0.508. The predicted octanol–water partition coefficient (Wildman–Crippen LogP) is 4.88. The molecule has 0 spiro atoms. The molecular formula is C15H19Cl3N2O. The van der Waals surface area contributed by atoms with Crippen molar-refractivity contribution in [2.45, 2.75) is 38.5 Å². The van der Waals surface area contributed by atoms with E-state index in [9.17, 15) is 4.79 Å². The van der Waals surface area contributed by atoms with Crippen LogP contribution in [-0.2, 0) is 4.79 Å². The highest BCUT2D eigenvalue weighted by Gasteiger charge is 2.37. The number of carbonyl (C=O) groups is 1. The average Bonchev–Trinajstić information content (AvgIpc) is 2.71. The Balaban J connectivity index is 2.21. The lowest BCUT2D eigenvalue weighted by Crippen LogP contribution is -2.42. The Hall–Kier alpha value is -0.480. The van der Waals surface area contributed by atoms with Crippen LogP contribution in [0.1, 0.15) is 38.5 Å². The van der Waals surface area contributed by atoms with E-state index in [2.05, 4.69) is 5.32 Å². The van der Waals surface area contributed by atoms with E-state index in [1.54, 1.807) is 6.07 Å². The van der Waals surface area contributed by atoms with Gasteiger partial charge in [0.05, 0.1) is 26.2 Å². The Morgan fingerprint density at radius 1 is 1.05 bits per heavy atom. The van der Waals surface area contributed by atoms with Crippen LogP contribution in [0.15, 0.2) is 12.1 Å². The van der Waals surface area contributed by atoms with Gasteiger partial charge in [0.1, 0.15) is 0 Å². The average molecular weight is 350 g/mol. The molecule has 1 fully saturated rings. The fourth-order valence-electron chi connectivity index (χ4n) is 2.80. The molecule has 0 radical (unpaired) electrons. The molecule has 0 aliphatic heterocycles. The Labute approximate surface area is 140 Å². The highest BCUT2D eigenvalue weighted by Crippen LogP contribution is 2.37. The van der Waals surface area contributed by atoms with Crippen LogP contribution in [0.25, 0.3) is 0 Å². The van der Waals surface area contributed by atoms with Gasteiger partial charge in [0.2, 0.25) is 5.91 Å². The van der Waals surface area contributed by atoms with Crippen molar-refractivity contribution in [3.8, 4) is 0 Å². The summed E-state index contributed by atoms with van der Waals surface area (Å²) in [4.78, 5) is 12.7. The van der Waals surface area contributed by atoms with E-state index in [-0.39, 0.29) is 5.91 Å². The number of hydrogen-bond acceptors (Lipinski definition) is 2. The van der Waals surface area contributed by atoms with E-state index < -0.39 is 5.41 Å². The normalized spacial score (nSPS) is 18.1. The van der Waals surface area contributed by atoms with Crippen molar-refractivity contribution in [2.75, 3.05) is 11.9 Å². The highest BCUT2D eigenvalue weighted by molar-refractivity contribution is 6.44. The number of carbonyl (C=O) groups excluding carboxylic acids is 1.